The van der Waals surface area contributed by atoms with E-state index >= 15 is 0 Å². The van der Waals surface area contributed by atoms with Crippen LogP contribution in [0.25, 0.3) is 0 Å². The van der Waals surface area contributed by atoms with E-state index in [1.54, 1.807) is 12.4 Å². The van der Waals surface area contributed by atoms with Gasteiger partial charge in [-0.2, -0.15) is 0 Å². The second-order valence-corrected chi connectivity index (χ2v) is 7.14. The van der Waals surface area contributed by atoms with Gasteiger partial charge in [0.15, 0.2) is 5.82 Å². The van der Waals surface area contributed by atoms with Crippen LogP contribution in [0.15, 0.2) is 29.5 Å². The van der Waals surface area contributed by atoms with Crippen molar-refractivity contribution >= 4 is 23.2 Å². The smallest absolute Gasteiger partial charge is 0.315 e. The number of aliphatic imine (C=N–C) groups is 1. The summed E-state index contributed by atoms with van der Waals surface area (Å²) in [5.41, 5.74) is 12.0. The second-order valence-electron chi connectivity index (χ2n) is 7.14. The minimum atomic E-state index is -0.521. The third-order valence-corrected chi connectivity index (χ3v) is 5.50. The number of rotatable bonds is 3. The van der Waals surface area contributed by atoms with Gasteiger partial charge in [-0.05, 0) is 56.7 Å². The topological polar surface area (TPSA) is 90.5 Å². The number of anilines is 1. The Kier molecular flexibility index (Phi) is 4.64. The van der Waals surface area contributed by atoms with Gasteiger partial charge in [-0.3, -0.25) is 9.78 Å². The molecule has 0 aromatic carbocycles. The van der Waals surface area contributed by atoms with Crippen LogP contribution in [0.3, 0.4) is 0 Å². The average molecular weight is 364 g/mol. The number of ether oxygens (including phenoxy) is 1. The first kappa shape index (κ1) is 17.6. The highest BCUT2D eigenvalue weighted by atomic mass is 16.5. The standard InChI is InChI=1S/C21H24N4O2/c1-3-27-21(26)16-12(2)24-20-18(17(16)13-7-6-10-23-11-13)19(22)14-8-4-5-9-15(14)25-20/h6-7,10-11,16-17H,3-5,8-9H2,1-2H3,(H2,22,25). The van der Waals surface area contributed by atoms with Crippen molar-refractivity contribution in [3.8, 4) is 0 Å². The molecule has 6 heteroatoms. The van der Waals surface area contributed by atoms with Gasteiger partial charge in [-0.15, -0.1) is 0 Å². The number of nitrogens with two attached hydrogens (primary N) is 1. The maximum Gasteiger partial charge on any atom is 0.315 e. The molecule has 27 heavy (non-hydrogen) atoms. The van der Waals surface area contributed by atoms with Gasteiger partial charge in [0.1, 0.15) is 5.92 Å². The van der Waals surface area contributed by atoms with Crippen LogP contribution < -0.4 is 5.73 Å². The second kappa shape index (κ2) is 7.10. The first-order chi connectivity index (χ1) is 13.1. The number of esters is 1. The summed E-state index contributed by atoms with van der Waals surface area (Å²) in [6.07, 6.45) is 7.60. The van der Waals surface area contributed by atoms with Crippen molar-refractivity contribution in [3.63, 3.8) is 0 Å². The molecule has 0 fully saturated rings. The molecule has 0 bridgehead atoms. The van der Waals surface area contributed by atoms with E-state index < -0.39 is 5.92 Å². The lowest BCUT2D eigenvalue weighted by Gasteiger charge is -2.33. The highest BCUT2D eigenvalue weighted by Crippen LogP contribution is 2.47. The van der Waals surface area contributed by atoms with Crippen molar-refractivity contribution in [2.24, 2.45) is 10.9 Å². The molecule has 2 aromatic heterocycles. The minimum Gasteiger partial charge on any atom is -0.465 e. The van der Waals surface area contributed by atoms with Crippen LogP contribution in [0.1, 0.15) is 55.0 Å². The summed E-state index contributed by atoms with van der Waals surface area (Å²) in [5.74, 6) is -0.451. The summed E-state index contributed by atoms with van der Waals surface area (Å²) < 4.78 is 5.37. The first-order valence-electron chi connectivity index (χ1n) is 9.54. The van der Waals surface area contributed by atoms with Gasteiger partial charge in [0.05, 0.1) is 6.61 Å². The highest BCUT2D eigenvalue weighted by Gasteiger charge is 2.41. The summed E-state index contributed by atoms with van der Waals surface area (Å²) in [4.78, 5) is 26.6. The zero-order chi connectivity index (χ0) is 19.0. The van der Waals surface area contributed by atoms with E-state index in [1.807, 2.05) is 26.0 Å². The maximum atomic E-state index is 12.8. The molecule has 1 aliphatic carbocycles. The average Bonchev–Trinajstić information content (AvgIpc) is 2.68. The molecule has 140 valence electrons. The SMILES string of the molecule is CCOC(=O)C1C(C)=Nc2nc3c(c(N)c2C1c1cccnc1)CCCC3. The van der Waals surface area contributed by atoms with E-state index in [-0.39, 0.29) is 11.9 Å². The Balaban J connectivity index is 1.94. The number of nitrogens with zero attached hydrogens (tertiary/aromatic N) is 3. The lowest BCUT2D eigenvalue weighted by Crippen LogP contribution is -2.34. The quantitative estimate of drug-likeness (QED) is 0.844. The van der Waals surface area contributed by atoms with Gasteiger partial charge in [-0.1, -0.05) is 6.07 Å². The van der Waals surface area contributed by atoms with Crippen LogP contribution >= 0.6 is 0 Å². The van der Waals surface area contributed by atoms with Gasteiger partial charge in [0.2, 0.25) is 0 Å². The number of aromatic nitrogens is 2. The number of fused-ring (bicyclic) bond motifs is 2. The van der Waals surface area contributed by atoms with Crippen molar-refractivity contribution in [1.82, 2.24) is 9.97 Å². The number of carbonyl (C=O) groups excluding carboxylic acids is 1. The van der Waals surface area contributed by atoms with Gasteiger partial charge in [-0.25, -0.2) is 9.98 Å². The lowest BCUT2D eigenvalue weighted by atomic mass is 9.75. The monoisotopic (exact) mass is 364 g/mol. The molecular formula is C21H24N4O2. The van der Waals surface area contributed by atoms with Crippen molar-refractivity contribution < 1.29 is 9.53 Å². The molecule has 2 aliphatic rings. The molecule has 3 heterocycles. The van der Waals surface area contributed by atoms with Crippen molar-refractivity contribution in [1.29, 1.82) is 0 Å². The van der Waals surface area contributed by atoms with Crippen LogP contribution in [0.4, 0.5) is 11.5 Å². The van der Waals surface area contributed by atoms with Gasteiger partial charge in [0, 0.05) is 41.0 Å². The molecule has 1 aliphatic heterocycles. The van der Waals surface area contributed by atoms with Crippen LogP contribution in [0.2, 0.25) is 0 Å². The molecule has 0 amide bonds. The van der Waals surface area contributed by atoms with Crippen LogP contribution in [-0.2, 0) is 22.4 Å². The largest absolute Gasteiger partial charge is 0.465 e. The van der Waals surface area contributed by atoms with E-state index in [0.717, 1.165) is 53.8 Å². The molecule has 0 saturated carbocycles. The number of nitrogen functional groups attached to an aromatic ring is 1. The van der Waals surface area contributed by atoms with E-state index in [4.69, 9.17) is 15.5 Å². The highest BCUT2D eigenvalue weighted by molar-refractivity contribution is 6.05. The molecule has 2 atom stereocenters. The molecule has 0 radical (unpaired) electrons. The fourth-order valence-corrected chi connectivity index (χ4v) is 4.27. The molecule has 2 N–H and O–H groups in total. The summed E-state index contributed by atoms with van der Waals surface area (Å²) in [7, 11) is 0. The summed E-state index contributed by atoms with van der Waals surface area (Å²) in [6.45, 7) is 4.00. The van der Waals surface area contributed by atoms with Crippen LogP contribution in [0, 0.1) is 5.92 Å². The third-order valence-electron chi connectivity index (χ3n) is 5.50. The summed E-state index contributed by atoms with van der Waals surface area (Å²) >= 11 is 0. The zero-order valence-electron chi connectivity index (χ0n) is 15.7. The Labute approximate surface area is 158 Å². The van der Waals surface area contributed by atoms with Crippen LogP contribution in [0.5, 0.6) is 0 Å². The fourth-order valence-electron chi connectivity index (χ4n) is 4.27. The first-order valence-corrected chi connectivity index (χ1v) is 9.54. The van der Waals surface area contributed by atoms with Crippen molar-refractivity contribution in [2.45, 2.75) is 45.4 Å². The Morgan fingerprint density at radius 1 is 1.33 bits per heavy atom. The van der Waals surface area contributed by atoms with Gasteiger partial charge >= 0.3 is 5.97 Å². The minimum absolute atomic E-state index is 0.282. The summed E-state index contributed by atoms with van der Waals surface area (Å²) in [6, 6.07) is 3.85. The van der Waals surface area contributed by atoms with E-state index in [0.29, 0.717) is 18.1 Å². The number of hydrogen-bond acceptors (Lipinski definition) is 6. The fraction of sp³-hybridized carbons (Fsp3) is 0.429. The molecule has 2 unspecified atom stereocenters. The van der Waals surface area contributed by atoms with E-state index in [1.165, 1.54) is 0 Å². The Bertz CT molecular complexity index is 908. The normalized spacial score (nSPS) is 21.0. The molecule has 2 aromatic rings. The number of pyridine rings is 2. The third kappa shape index (κ3) is 2.99. The summed E-state index contributed by atoms with van der Waals surface area (Å²) in [5, 5.41) is 0. The Morgan fingerprint density at radius 2 is 2.15 bits per heavy atom. The molecule has 4 rings (SSSR count). The molecule has 0 spiro atoms. The number of carbonyl (C=O) groups is 1. The van der Waals surface area contributed by atoms with Crippen molar-refractivity contribution in [3.05, 3.63) is 46.9 Å². The molecule has 6 nitrogen and oxygen atoms in total. The van der Waals surface area contributed by atoms with E-state index in [2.05, 4.69) is 9.98 Å². The molecular weight excluding hydrogens is 340 g/mol. The zero-order valence-corrected chi connectivity index (χ0v) is 15.7. The maximum absolute atomic E-state index is 12.8. The van der Waals surface area contributed by atoms with Gasteiger partial charge in [0.25, 0.3) is 0 Å². The van der Waals surface area contributed by atoms with Gasteiger partial charge < -0.3 is 10.5 Å². The Hall–Kier alpha value is -2.76. The molecule has 0 saturated heterocycles. The van der Waals surface area contributed by atoms with Crippen LogP contribution in [-0.4, -0.2) is 28.3 Å². The lowest BCUT2D eigenvalue weighted by molar-refractivity contribution is -0.146. The number of hydrogen-bond donors (Lipinski definition) is 1. The predicted octanol–water partition coefficient (Wildman–Crippen LogP) is 3.35. The van der Waals surface area contributed by atoms with Crippen molar-refractivity contribution in [2.75, 3.05) is 12.3 Å². The van der Waals surface area contributed by atoms with E-state index in [9.17, 15) is 4.79 Å². The predicted molar refractivity (Wildman–Crippen MR) is 104 cm³/mol. The Morgan fingerprint density at radius 3 is 2.89 bits per heavy atom. The number of aryl methyl sites for hydroxylation is 1.